The summed E-state index contributed by atoms with van der Waals surface area (Å²) in [5, 5.41) is 0. The van der Waals surface area contributed by atoms with Gasteiger partial charge < -0.3 is 9.64 Å². The van der Waals surface area contributed by atoms with Crippen LogP contribution in [0.5, 0.6) is 5.75 Å². The first-order valence-electron chi connectivity index (χ1n) is 9.60. The molecule has 0 spiro atoms. The van der Waals surface area contributed by atoms with Gasteiger partial charge in [0.2, 0.25) is 0 Å². The molecule has 3 rings (SSSR count). The summed E-state index contributed by atoms with van der Waals surface area (Å²) in [6.07, 6.45) is -3.42. The van der Waals surface area contributed by atoms with Gasteiger partial charge in [-0.15, -0.1) is 0 Å². The maximum atomic E-state index is 13.9. The second-order valence-electron chi connectivity index (χ2n) is 7.68. The molecule has 1 aromatic heterocycles. The number of Topliss-reactive ketones (excluding diaryl/α,β-unsaturated/α-hetero) is 1. The molecule has 1 aliphatic rings. The fraction of sp³-hybridized carbons (Fsp3) is 0.455. The standard InChI is InChI=1S/C22H25F3N2O2/c1-13-5-8-16(28)12-18(13)21-20(22(23,24)25)14(2)11-19(26-21)27(3)15-6-9-17(29-4)10-7-15/h6-7,9-11,13,18H,5,8,12H2,1-4H3. The number of alkyl halides is 3. The van der Waals surface area contributed by atoms with Crippen molar-refractivity contribution in [2.75, 3.05) is 19.1 Å². The SMILES string of the molecule is COc1ccc(N(C)c2cc(C)c(C(F)(F)F)c(C3CC(=O)CCC3C)n2)cc1. The summed E-state index contributed by atoms with van der Waals surface area (Å²) in [6, 6.07) is 8.66. The van der Waals surface area contributed by atoms with Crippen LogP contribution in [0.15, 0.2) is 30.3 Å². The van der Waals surface area contributed by atoms with E-state index >= 15 is 0 Å². The van der Waals surface area contributed by atoms with Gasteiger partial charge in [0, 0.05) is 31.5 Å². The van der Waals surface area contributed by atoms with Crippen molar-refractivity contribution < 1.29 is 22.7 Å². The van der Waals surface area contributed by atoms with Crippen molar-refractivity contribution in [3.8, 4) is 5.75 Å². The second-order valence-corrected chi connectivity index (χ2v) is 7.68. The molecule has 29 heavy (non-hydrogen) atoms. The Morgan fingerprint density at radius 2 is 1.86 bits per heavy atom. The molecule has 156 valence electrons. The van der Waals surface area contributed by atoms with Gasteiger partial charge in [-0.25, -0.2) is 4.98 Å². The number of pyridine rings is 1. The van der Waals surface area contributed by atoms with Crippen LogP contribution in [-0.4, -0.2) is 24.9 Å². The largest absolute Gasteiger partial charge is 0.497 e. The molecular weight excluding hydrogens is 381 g/mol. The predicted octanol–water partition coefficient (Wildman–Crippen LogP) is 5.66. The third-order valence-electron chi connectivity index (χ3n) is 5.68. The third-order valence-corrected chi connectivity index (χ3v) is 5.68. The Labute approximate surface area is 168 Å². The lowest BCUT2D eigenvalue weighted by Gasteiger charge is -2.31. The van der Waals surface area contributed by atoms with Crippen LogP contribution in [0.4, 0.5) is 24.7 Å². The molecule has 0 bridgehead atoms. The van der Waals surface area contributed by atoms with E-state index in [0.717, 1.165) is 5.69 Å². The molecular formula is C22H25F3N2O2. The Bertz CT molecular complexity index is 894. The predicted molar refractivity (Wildman–Crippen MR) is 106 cm³/mol. The molecule has 2 unspecified atom stereocenters. The van der Waals surface area contributed by atoms with Crippen LogP contribution in [0.2, 0.25) is 0 Å². The lowest BCUT2D eigenvalue weighted by molar-refractivity contribution is -0.139. The minimum atomic E-state index is -4.52. The summed E-state index contributed by atoms with van der Waals surface area (Å²) < 4.78 is 46.8. The normalized spacial score (nSPS) is 19.9. The van der Waals surface area contributed by atoms with Gasteiger partial charge in [0.15, 0.2) is 0 Å². The van der Waals surface area contributed by atoms with Crippen LogP contribution in [0, 0.1) is 12.8 Å². The number of benzene rings is 1. The van der Waals surface area contributed by atoms with E-state index in [4.69, 9.17) is 4.74 Å². The molecule has 0 radical (unpaired) electrons. The van der Waals surface area contributed by atoms with Crippen molar-refractivity contribution in [2.45, 2.75) is 45.2 Å². The highest BCUT2D eigenvalue weighted by molar-refractivity contribution is 5.80. The van der Waals surface area contributed by atoms with Gasteiger partial charge in [-0.2, -0.15) is 13.2 Å². The van der Waals surface area contributed by atoms with E-state index in [0.29, 0.717) is 24.4 Å². The Morgan fingerprint density at radius 3 is 2.45 bits per heavy atom. The molecule has 1 saturated carbocycles. The zero-order valence-corrected chi connectivity index (χ0v) is 17.0. The maximum absolute atomic E-state index is 13.9. The molecule has 1 fully saturated rings. The highest BCUT2D eigenvalue weighted by Gasteiger charge is 2.41. The monoisotopic (exact) mass is 406 g/mol. The number of aromatic nitrogens is 1. The summed E-state index contributed by atoms with van der Waals surface area (Å²) in [4.78, 5) is 18.2. The van der Waals surface area contributed by atoms with Crippen molar-refractivity contribution in [1.29, 1.82) is 0 Å². The minimum Gasteiger partial charge on any atom is -0.497 e. The van der Waals surface area contributed by atoms with Crippen molar-refractivity contribution >= 4 is 17.3 Å². The number of ketones is 1. The highest BCUT2D eigenvalue weighted by atomic mass is 19.4. The quantitative estimate of drug-likeness (QED) is 0.657. The molecule has 4 nitrogen and oxygen atoms in total. The average molecular weight is 406 g/mol. The smallest absolute Gasteiger partial charge is 0.418 e. The Hall–Kier alpha value is -2.57. The van der Waals surface area contributed by atoms with Crippen LogP contribution in [-0.2, 0) is 11.0 Å². The number of aryl methyl sites for hydroxylation is 1. The van der Waals surface area contributed by atoms with Crippen LogP contribution >= 0.6 is 0 Å². The van der Waals surface area contributed by atoms with E-state index < -0.39 is 17.7 Å². The van der Waals surface area contributed by atoms with Gasteiger partial charge in [-0.1, -0.05) is 6.92 Å². The number of methoxy groups -OCH3 is 1. The minimum absolute atomic E-state index is 0.00501. The number of carbonyl (C=O) groups excluding carboxylic acids is 1. The number of ether oxygens (including phenoxy) is 1. The molecule has 1 heterocycles. The lowest BCUT2D eigenvalue weighted by Crippen LogP contribution is -2.27. The molecule has 0 amide bonds. The summed E-state index contributed by atoms with van der Waals surface area (Å²) >= 11 is 0. The van der Waals surface area contributed by atoms with E-state index in [-0.39, 0.29) is 29.4 Å². The van der Waals surface area contributed by atoms with Gasteiger partial charge in [-0.3, -0.25) is 4.79 Å². The molecule has 0 saturated heterocycles. The molecule has 2 atom stereocenters. The number of rotatable bonds is 4. The zero-order valence-electron chi connectivity index (χ0n) is 17.0. The zero-order chi connectivity index (χ0) is 21.3. The topological polar surface area (TPSA) is 42.4 Å². The van der Waals surface area contributed by atoms with Gasteiger partial charge in [-0.05, 0) is 55.2 Å². The molecule has 0 N–H and O–H groups in total. The van der Waals surface area contributed by atoms with Crippen LogP contribution in [0.3, 0.4) is 0 Å². The van der Waals surface area contributed by atoms with Crippen molar-refractivity contribution in [1.82, 2.24) is 4.98 Å². The van der Waals surface area contributed by atoms with E-state index in [1.807, 2.05) is 19.1 Å². The van der Waals surface area contributed by atoms with E-state index in [9.17, 15) is 18.0 Å². The third kappa shape index (κ3) is 4.38. The lowest BCUT2D eigenvalue weighted by atomic mass is 9.76. The van der Waals surface area contributed by atoms with E-state index in [1.165, 1.54) is 13.0 Å². The molecule has 1 aromatic carbocycles. The van der Waals surface area contributed by atoms with E-state index in [1.54, 1.807) is 31.2 Å². The molecule has 0 aliphatic heterocycles. The average Bonchev–Trinajstić information content (AvgIpc) is 2.67. The first kappa shape index (κ1) is 21.1. The van der Waals surface area contributed by atoms with Crippen molar-refractivity contribution in [2.24, 2.45) is 5.92 Å². The summed E-state index contributed by atoms with van der Waals surface area (Å²) in [5.74, 6) is 0.530. The molecule has 7 heteroatoms. The second kappa shape index (κ2) is 8.05. The first-order valence-corrected chi connectivity index (χ1v) is 9.60. The van der Waals surface area contributed by atoms with Crippen LogP contribution < -0.4 is 9.64 Å². The summed E-state index contributed by atoms with van der Waals surface area (Å²) in [5.41, 5.74) is 0.156. The van der Waals surface area contributed by atoms with Gasteiger partial charge >= 0.3 is 6.18 Å². The summed E-state index contributed by atoms with van der Waals surface area (Å²) in [6.45, 7) is 3.35. The fourth-order valence-electron chi connectivity index (χ4n) is 3.93. The number of halogens is 3. The Kier molecular flexibility index (Phi) is 5.87. The maximum Gasteiger partial charge on any atom is 0.418 e. The van der Waals surface area contributed by atoms with Gasteiger partial charge in [0.1, 0.15) is 17.4 Å². The van der Waals surface area contributed by atoms with Crippen molar-refractivity contribution in [3.05, 3.63) is 47.2 Å². The number of hydrogen-bond donors (Lipinski definition) is 0. The highest BCUT2D eigenvalue weighted by Crippen LogP contribution is 2.44. The molecule has 2 aromatic rings. The van der Waals surface area contributed by atoms with Gasteiger partial charge in [0.25, 0.3) is 0 Å². The first-order chi connectivity index (χ1) is 13.6. The Balaban J connectivity index is 2.09. The van der Waals surface area contributed by atoms with Crippen molar-refractivity contribution in [3.63, 3.8) is 0 Å². The Morgan fingerprint density at radius 1 is 1.21 bits per heavy atom. The summed E-state index contributed by atoms with van der Waals surface area (Å²) in [7, 11) is 3.33. The number of hydrogen-bond acceptors (Lipinski definition) is 4. The molecule has 1 aliphatic carbocycles. The number of anilines is 2. The van der Waals surface area contributed by atoms with E-state index in [2.05, 4.69) is 4.98 Å². The number of nitrogens with zero attached hydrogens (tertiary/aromatic N) is 2. The van der Waals surface area contributed by atoms with Gasteiger partial charge in [0.05, 0.1) is 18.4 Å². The number of carbonyl (C=O) groups is 1. The fourth-order valence-corrected chi connectivity index (χ4v) is 3.93. The van der Waals surface area contributed by atoms with Crippen LogP contribution in [0.25, 0.3) is 0 Å². The van der Waals surface area contributed by atoms with Crippen LogP contribution in [0.1, 0.15) is 48.9 Å².